The van der Waals surface area contributed by atoms with Crippen LogP contribution in [0, 0.1) is 0 Å². The predicted octanol–water partition coefficient (Wildman–Crippen LogP) is 3.50. The maximum absolute atomic E-state index is 12.6. The molecular formula is C16H22F3IN6S. The first-order valence-electron chi connectivity index (χ1n) is 7.96. The third-order valence-corrected chi connectivity index (χ3v) is 4.09. The maximum Gasteiger partial charge on any atom is 0.434 e. The van der Waals surface area contributed by atoms with Crippen LogP contribution in [0.15, 0.2) is 28.6 Å². The minimum absolute atomic E-state index is 0. The number of aromatic nitrogens is 2. The predicted molar refractivity (Wildman–Crippen MR) is 113 cm³/mol. The number of anilines is 1. The zero-order valence-corrected chi connectivity index (χ0v) is 18.3. The minimum atomic E-state index is -4.42. The molecule has 2 rings (SSSR count). The molecule has 150 valence electrons. The highest BCUT2D eigenvalue weighted by molar-refractivity contribution is 14.0. The second-order valence-electron chi connectivity index (χ2n) is 5.55. The molecule has 0 aliphatic heterocycles. The molecule has 11 heteroatoms. The molecule has 0 bridgehead atoms. The first-order chi connectivity index (χ1) is 12.3. The van der Waals surface area contributed by atoms with Crippen molar-refractivity contribution < 1.29 is 13.2 Å². The lowest BCUT2D eigenvalue weighted by molar-refractivity contribution is -0.140. The Balaban J connectivity index is 0.00000364. The topological polar surface area (TPSA) is 65.4 Å². The van der Waals surface area contributed by atoms with Crippen molar-refractivity contribution in [3.05, 3.63) is 40.0 Å². The van der Waals surface area contributed by atoms with Crippen molar-refractivity contribution in [2.24, 2.45) is 4.99 Å². The largest absolute Gasteiger partial charge is 0.434 e. The standard InChI is InChI=1S/C16H21F3N6S.HI/c1-4-20-15(21-8-11-6-5-7-13(23-11)25(2)3)22-9-14-24-12(10-26-14)16(17,18)19;/h5-7,10H,4,8-9H2,1-3H3,(H2,20,21,22);1H. The Morgan fingerprint density at radius 2 is 1.96 bits per heavy atom. The van der Waals surface area contributed by atoms with Gasteiger partial charge in [-0.05, 0) is 19.1 Å². The monoisotopic (exact) mass is 514 g/mol. The molecule has 0 unspecified atom stereocenters. The lowest BCUT2D eigenvalue weighted by Gasteiger charge is -2.12. The fourth-order valence-corrected chi connectivity index (χ4v) is 2.73. The number of hydrogen-bond acceptors (Lipinski definition) is 5. The third-order valence-electron chi connectivity index (χ3n) is 3.24. The number of hydrogen-bond donors (Lipinski definition) is 2. The van der Waals surface area contributed by atoms with E-state index in [9.17, 15) is 13.2 Å². The van der Waals surface area contributed by atoms with Crippen molar-refractivity contribution in [3.63, 3.8) is 0 Å². The van der Waals surface area contributed by atoms with Crippen LogP contribution in [-0.2, 0) is 19.3 Å². The summed E-state index contributed by atoms with van der Waals surface area (Å²) < 4.78 is 37.8. The molecule has 6 nitrogen and oxygen atoms in total. The average molecular weight is 514 g/mol. The first kappa shape index (κ1) is 23.4. The molecule has 0 aliphatic rings. The Morgan fingerprint density at radius 3 is 2.56 bits per heavy atom. The van der Waals surface area contributed by atoms with Crippen LogP contribution in [-0.4, -0.2) is 36.6 Å². The SMILES string of the molecule is CCNC(=NCc1cccc(N(C)C)n1)NCc1nc(C(F)(F)F)cs1.I. The quantitative estimate of drug-likeness (QED) is 0.351. The molecule has 2 aromatic rings. The Hall–Kier alpha value is -1.63. The van der Waals surface area contributed by atoms with Gasteiger partial charge in [-0.15, -0.1) is 35.3 Å². The van der Waals surface area contributed by atoms with E-state index in [-0.39, 0.29) is 30.5 Å². The van der Waals surface area contributed by atoms with Crippen molar-refractivity contribution in [1.29, 1.82) is 0 Å². The fraction of sp³-hybridized carbons (Fsp3) is 0.438. The van der Waals surface area contributed by atoms with Crippen LogP contribution in [0.3, 0.4) is 0 Å². The Bertz CT molecular complexity index is 748. The number of halogens is 4. The van der Waals surface area contributed by atoms with Gasteiger partial charge in [0.1, 0.15) is 10.8 Å². The van der Waals surface area contributed by atoms with E-state index in [1.807, 2.05) is 44.1 Å². The van der Waals surface area contributed by atoms with Crippen molar-refractivity contribution >= 4 is 47.1 Å². The Morgan fingerprint density at radius 1 is 1.22 bits per heavy atom. The maximum atomic E-state index is 12.6. The van der Waals surface area contributed by atoms with Crippen LogP contribution >= 0.6 is 35.3 Å². The van der Waals surface area contributed by atoms with Gasteiger partial charge in [0.15, 0.2) is 11.7 Å². The summed E-state index contributed by atoms with van der Waals surface area (Å²) in [7, 11) is 3.81. The number of nitrogens with one attached hydrogen (secondary N) is 2. The van der Waals surface area contributed by atoms with Gasteiger partial charge in [0.2, 0.25) is 0 Å². The van der Waals surface area contributed by atoms with Crippen LogP contribution in [0.5, 0.6) is 0 Å². The first-order valence-corrected chi connectivity index (χ1v) is 8.84. The Kier molecular flexibility index (Phi) is 9.22. The minimum Gasteiger partial charge on any atom is -0.363 e. The smallest absolute Gasteiger partial charge is 0.363 e. The molecule has 2 N–H and O–H groups in total. The summed E-state index contributed by atoms with van der Waals surface area (Å²) in [6, 6.07) is 5.68. The molecule has 0 radical (unpaired) electrons. The summed E-state index contributed by atoms with van der Waals surface area (Å²) in [6.45, 7) is 3.05. The molecule has 2 aromatic heterocycles. The highest BCUT2D eigenvalue weighted by Gasteiger charge is 2.33. The zero-order chi connectivity index (χ0) is 19.2. The van der Waals surface area contributed by atoms with Crippen LogP contribution in [0.4, 0.5) is 19.0 Å². The third kappa shape index (κ3) is 7.48. The van der Waals surface area contributed by atoms with Crippen molar-refractivity contribution in [3.8, 4) is 0 Å². The number of thiazole rings is 1. The van der Waals surface area contributed by atoms with Gasteiger partial charge in [0.25, 0.3) is 0 Å². The second kappa shape index (κ2) is 10.6. The second-order valence-corrected chi connectivity index (χ2v) is 6.50. The van der Waals surface area contributed by atoms with Gasteiger partial charge in [0, 0.05) is 26.0 Å². The van der Waals surface area contributed by atoms with Gasteiger partial charge in [-0.25, -0.2) is 15.0 Å². The van der Waals surface area contributed by atoms with Crippen molar-refractivity contribution in [1.82, 2.24) is 20.6 Å². The summed E-state index contributed by atoms with van der Waals surface area (Å²) in [5, 5.41) is 7.40. The van der Waals surface area contributed by atoms with Gasteiger partial charge >= 0.3 is 6.18 Å². The van der Waals surface area contributed by atoms with Gasteiger partial charge in [-0.1, -0.05) is 6.07 Å². The molecule has 0 amide bonds. The molecule has 27 heavy (non-hydrogen) atoms. The van der Waals surface area contributed by atoms with E-state index >= 15 is 0 Å². The van der Waals surface area contributed by atoms with Gasteiger partial charge < -0.3 is 15.5 Å². The molecule has 0 atom stereocenters. The van der Waals surface area contributed by atoms with Crippen LogP contribution in [0.25, 0.3) is 0 Å². The number of rotatable bonds is 6. The summed E-state index contributed by atoms with van der Waals surface area (Å²) in [5.41, 5.74) is -0.0760. The number of guanidine groups is 1. The van der Waals surface area contributed by atoms with E-state index in [0.717, 1.165) is 28.2 Å². The molecule has 0 spiro atoms. The normalized spacial score (nSPS) is 11.7. The van der Waals surface area contributed by atoms with E-state index in [0.29, 0.717) is 24.1 Å². The van der Waals surface area contributed by atoms with Gasteiger partial charge in [-0.3, -0.25) is 0 Å². The van der Waals surface area contributed by atoms with Crippen molar-refractivity contribution in [2.75, 3.05) is 25.5 Å². The molecule has 0 aromatic carbocycles. The lowest BCUT2D eigenvalue weighted by Crippen LogP contribution is -2.36. The summed E-state index contributed by atoms with van der Waals surface area (Å²) >= 11 is 0.962. The van der Waals surface area contributed by atoms with E-state index in [1.165, 1.54) is 0 Å². The number of aliphatic imine (C=N–C) groups is 1. The highest BCUT2D eigenvalue weighted by atomic mass is 127. The summed E-state index contributed by atoms with van der Waals surface area (Å²) in [5.74, 6) is 1.33. The molecule has 2 heterocycles. The highest BCUT2D eigenvalue weighted by Crippen LogP contribution is 2.29. The van der Waals surface area contributed by atoms with E-state index in [1.54, 1.807) is 0 Å². The Labute approximate surface area is 177 Å². The molecule has 0 fully saturated rings. The van der Waals surface area contributed by atoms with Crippen LogP contribution in [0.2, 0.25) is 0 Å². The van der Waals surface area contributed by atoms with E-state index in [4.69, 9.17) is 0 Å². The fourth-order valence-electron chi connectivity index (χ4n) is 1.99. The average Bonchev–Trinajstić information content (AvgIpc) is 3.07. The summed E-state index contributed by atoms with van der Waals surface area (Å²) in [4.78, 5) is 14.4. The zero-order valence-electron chi connectivity index (χ0n) is 15.2. The lowest BCUT2D eigenvalue weighted by atomic mass is 10.3. The molecule has 0 saturated carbocycles. The van der Waals surface area contributed by atoms with Crippen LogP contribution < -0.4 is 15.5 Å². The van der Waals surface area contributed by atoms with Crippen molar-refractivity contribution in [2.45, 2.75) is 26.2 Å². The van der Waals surface area contributed by atoms with E-state index in [2.05, 4.69) is 25.6 Å². The molecular weight excluding hydrogens is 492 g/mol. The van der Waals surface area contributed by atoms with Gasteiger partial charge in [0.05, 0.1) is 18.8 Å². The number of pyridine rings is 1. The molecule has 0 saturated heterocycles. The number of alkyl halides is 3. The molecule has 0 aliphatic carbocycles. The van der Waals surface area contributed by atoms with Gasteiger partial charge in [-0.2, -0.15) is 13.2 Å². The van der Waals surface area contributed by atoms with E-state index < -0.39 is 11.9 Å². The number of nitrogens with zero attached hydrogens (tertiary/aromatic N) is 4. The summed E-state index contributed by atoms with van der Waals surface area (Å²) in [6.07, 6.45) is -4.42. The van der Waals surface area contributed by atoms with Crippen LogP contribution in [0.1, 0.15) is 23.3 Å².